The maximum absolute atomic E-state index is 13.8. The Morgan fingerprint density at radius 2 is 1.85 bits per heavy atom. The van der Waals surface area contributed by atoms with Crippen LogP contribution in [-0.4, -0.2) is 85.2 Å². The number of pyridine rings is 2. The van der Waals surface area contributed by atoms with Crippen molar-refractivity contribution in [2.24, 2.45) is 0 Å². The van der Waals surface area contributed by atoms with Gasteiger partial charge in [0.15, 0.2) is 5.82 Å². The SMILES string of the molecule is CCCc1nc(-n2ncc3c(C)nc(-c4cnccc4OC)cc32)cn2c(C)c(C(=O)N3CCN(C)CC3)c(C)c12. The van der Waals surface area contributed by atoms with E-state index in [9.17, 15) is 4.79 Å². The molecule has 0 N–H and O–H groups in total. The number of carbonyl (C=O) groups is 1. The largest absolute Gasteiger partial charge is 0.496 e. The van der Waals surface area contributed by atoms with Crippen LogP contribution in [0.1, 0.15) is 46.3 Å². The molecule has 6 heterocycles. The van der Waals surface area contributed by atoms with Gasteiger partial charge in [-0.15, -0.1) is 0 Å². The zero-order valence-corrected chi connectivity index (χ0v) is 24.6. The van der Waals surface area contributed by atoms with Crippen LogP contribution in [-0.2, 0) is 6.42 Å². The van der Waals surface area contributed by atoms with E-state index in [2.05, 4.69) is 35.2 Å². The second-order valence-corrected chi connectivity index (χ2v) is 10.9. The Morgan fingerprint density at radius 3 is 2.59 bits per heavy atom. The van der Waals surface area contributed by atoms with Gasteiger partial charge in [0, 0.05) is 55.3 Å². The Hall–Kier alpha value is -4.31. The number of ether oxygens (including phenoxy) is 1. The minimum Gasteiger partial charge on any atom is -0.496 e. The van der Waals surface area contributed by atoms with Gasteiger partial charge >= 0.3 is 0 Å². The van der Waals surface area contributed by atoms with E-state index in [0.29, 0.717) is 11.6 Å². The first-order valence-electron chi connectivity index (χ1n) is 14.1. The molecule has 10 nitrogen and oxygen atoms in total. The quantitative estimate of drug-likeness (QED) is 0.308. The fourth-order valence-corrected chi connectivity index (χ4v) is 5.96. The number of methoxy groups -OCH3 is 1. The minimum absolute atomic E-state index is 0.0992. The molecule has 6 rings (SSSR count). The lowest BCUT2D eigenvalue weighted by molar-refractivity contribution is 0.0663. The first-order chi connectivity index (χ1) is 19.8. The summed E-state index contributed by atoms with van der Waals surface area (Å²) in [6.45, 7) is 11.5. The fraction of sp³-hybridized carbons (Fsp3) is 0.387. The molecule has 1 aliphatic heterocycles. The zero-order valence-electron chi connectivity index (χ0n) is 24.6. The topological polar surface area (TPSA) is 93.7 Å². The number of likely N-dealkylation sites (N-methyl/N-ethyl adjacent to an activating group) is 1. The van der Waals surface area contributed by atoms with Crippen LogP contribution in [0.4, 0.5) is 0 Å². The standard InChI is InChI=1S/C31H36N8O2/c1-7-8-24-30-19(2)29(31(40)37-13-11-36(5)12-14-37)21(4)38(30)18-28(35-24)39-26-15-25(34-20(3)22(26)17-33-39)23-16-32-10-9-27(23)41-6/h9-10,15-18H,7-8,11-14H2,1-6H3. The predicted molar refractivity (Wildman–Crippen MR) is 159 cm³/mol. The van der Waals surface area contributed by atoms with Crippen molar-refractivity contribution in [2.45, 2.75) is 40.5 Å². The predicted octanol–water partition coefficient (Wildman–Crippen LogP) is 4.40. The molecule has 1 saturated heterocycles. The summed E-state index contributed by atoms with van der Waals surface area (Å²) in [6, 6.07) is 3.84. The summed E-state index contributed by atoms with van der Waals surface area (Å²) in [5.74, 6) is 1.50. The highest BCUT2D eigenvalue weighted by atomic mass is 16.5. The molecular formula is C31H36N8O2. The highest BCUT2D eigenvalue weighted by Crippen LogP contribution is 2.32. The molecule has 0 saturated carbocycles. The van der Waals surface area contributed by atoms with Crippen molar-refractivity contribution < 1.29 is 9.53 Å². The Labute approximate surface area is 239 Å². The van der Waals surface area contributed by atoms with Gasteiger partial charge in [-0.05, 0) is 51.9 Å². The van der Waals surface area contributed by atoms with Crippen molar-refractivity contribution in [3.63, 3.8) is 0 Å². The molecule has 5 aromatic heterocycles. The third-order valence-electron chi connectivity index (χ3n) is 8.20. The molecule has 0 unspecified atom stereocenters. The molecule has 0 bridgehead atoms. The molecule has 41 heavy (non-hydrogen) atoms. The average molecular weight is 553 g/mol. The maximum Gasteiger partial charge on any atom is 0.256 e. The number of aryl methyl sites for hydroxylation is 4. The third-order valence-corrected chi connectivity index (χ3v) is 8.20. The van der Waals surface area contributed by atoms with Gasteiger partial charge < -0.3 is 18.9 Å². The van der Waals surface area contributed by atoms with Gasteiger partial charge in [0.1, 0.15) is 5.75 Å². The van der Waals surface area contributed by atoms with Gasteiger partial charge in [0.2, 0.25) is 0 Å². The van der Waals surface area contributed by atoms with Crippen LogP contribution < -0.4 is 4.74 Å². The number of carbonyl (C=O) groups excluding carboxylic acids is 1. The lowest BCUT2D eigenvalue weighted by Crippen LogP contribution is -2.47. The van der Waals surface area contributed by atoms with Crippen LogP contribution in [0.2, 0.25) is 0 Å². The molecule has 1 aliphatic rings. The van der Waals surface area contributed by atoms with Gasteiger partial charge in [-0.2, -0.15) is 5.10 Å². The van der Waals surface area contributed by atoms with E-state index in [1.165, 1.54) is 0 Å². The fourth-order valence-electron chi connectivity index (χ4n) is 5.96. The Balaban J connectivity index is 1.52. The van der Waals surface area contributed by atoms with E-state index in [1.807, 2.05) is 48.0 Å². The molecule has 1 fully saturated rings. The van der Waals surface area contributed by atoms with Crippen LogP contribution >= 0.6 is 0 Å². The van der Waals surface area contributed by atoms with E-state index in [4.69, 9.17) is 19.8 Å². The number of amides is 1. The van der Waals surface area contributed by atoms with Crippen LogP contribution in [0, 0.1) is 20.8 Å². The Bertz CT molecular complexity index is 1780. The van der Waals surface area contributed by atoms with Crippen LogP contribution in [0.3, 0.4) is 0 Å². The smallest absolute Gasteiger partial charge is 0.256 e. The normalized spacial score (nSPS) is 14.3. The Kier molecular flexibility index (Phi) is 6.94. The monoisotopic (exact) mass is 552 g/mol. The van der Waals surface area contributed by atoms with E-state index < -0.39 is 0 Å². The summed E-state index contributed by atoms with van der Waals surface area (Å²) in [7, 11) is 3.74. The molecule has 0 spiro atoms. The third kappa shape index (κ3) is 4.52. The molecule has 212 valence electrons. The molecule has 0 radical (unpaired) electrons. The van der Waals surface area contributed by atoms with E-state index in [0.717, 1.165) is 94.9 Å². The molecule has 5 aromatic rings. The van der Waals surface area contributed by atoms with Crippen molar-refractivity contribution in [2.75, 3.05) is 40.3 Å². The van der Waals surface area contributed by atoms with Crippen LogP contribution in [0.5, 0.6) is 5.75 Å². The number of piperazine rings is 1. The number of aromatic nitrogens is 6. The average Bonchev–Trinajstić information content (AvgIpc) is 3.52. The van der Waals surface area contributed by atoms with Crippen LogP contribution in [0.15, 0.2) is 36.9 Å². The van der Waals surface area contributed by atoms with E-state index >= 15 is 0 Å². The highest BCUT2D eigenvalue weighted by Gasteiger charge is 2.28. The number of rotatable bonds is 6. The van der Waals surface area contributed by atoms with Crippen molar-refractivity contribution in [1.29, 1.82) is 0 Å². The van der Waals surface area contributed by atoms with E-state index in [-0.39, 0.29) is 5.91 Å². The van der Waals surface area contributed by atoms with Gasteiger partial charge in [0.25, 0.3) is 5.91 Å². The van der Waals surface area contributed by atoms with Gasteiger partial charge in [-0.1, -0.05) is 13.3 Å². The van der Waals surface area contributed by atoms with Gasteiger partial charge in [0.05, 0.1) is 53.1 Å². The summed E-state index contributed by atoms with van der Waals surface area (Å²) in [6.07, 6.45) is 9.04. The van der Waals surface area contributed by atoms with E-state index in [1.54, 1.807) is 19.5 Å². The lowest BCUT2D eigenvalue weighted by atomic mass is 10.1. The van der Waals surface area contributed by atoms with Crippen molar-refractivity contribution >= 4 is 22.3 Å². The lowest BCUT2D eigenvalue weighted by Gasteiger charge is -2.32. The number of fused-ring (bicyclic) bond motifs is 2. The highest BCUT2D eigenvalue weighted by molar-refractivity contribution is 5.99. The van der Waals surface area contributed by atoms with Gasteiger partial charge in [-0.25, -0.2) is 9.67 Å². The van der Waals surface area contributed by atoms with Crippen molar-refractivity contribution in [1.82, 2.24) is 38.9 Å². The zero-order chi connectivity index (χ0) is 28.8. The number of nitrogens with zero attached hydrogens (tertiary/aromatic N) is 8. The summed E-state index contributed by atoms with van der Waals surface area (Å²) < 4.78 is 9.59. The minimum atomic E-state index is 0.0992. The van der Waals surface area contributed by atoms with Crippen molar-refractivity contribution in [3.8, 4) is 22.8 Å². The summed E-state index contributed by atoms with van der Waals surface area (Å²) in [4.78, 5) is 32.3. The molecule has 0 aliphatic carbocycles. The number of hydrogen-bond donors (Lipinski definition) is 0. The first kappa shape index (κ1) is 26.9. The molecular weight excluding hydrogens is 516 g/mol. The molecule has 0 aromatic carbocycles. The molecule has 1 amide bonds. The molecule has 10 heteroatoms. The summed E-state index contributed by atoms with van der Waals surface area (Å²) in [5, 5.41) is 5.71. The maximum atomic E-state index is 13.8. The first-order valence-corrected chi connectivity index (χ1v) is 14.1. The second-order valence-electron chi connectivity index (χ2n) is 10.9. The molecule has 0 atom stereocenters. The summed E-state index contributed by atoms with van der Waals surface area (Å²) >= 11 is 0. The Morgan fingerprint density at radius 1 is 1.07 bits per heavy atom. The number of hydrogen-bond acceptors (Lipinski definition) is 7. The van der Waals surface area contributed by atoms with Crippen molar-refractivity contribution in [3.05, 3.63) is 65.1 Å². The summed E-state index contributed by atoms with van der Waals surface area (Å²) in [5.41, 5.74) is 7.99. The van der Waals surface area contributed by atoms with Crippen LogP contribution in [0.25, 0.3) is 33.5 Å². The van der Waals surface area contributed by atoms with Gasteiger partial charge in [-0.3, -0.25) is 14.8 Å². The second kappa shape index (κ2) is 10.6.